The molecule has 1 aromatic rings. The zero-order valence-electron chi connectivity index (χ0n) is 12.1. The highest BCUT2D eigenvalue weighted by molar-refractivity contribution is 7.89. The Morgan fingerprint density at radius 2 is 2.10 bits per heavy atom. The molecule has 1 saturated carbocycles. The predicted octanol–water partition coefficient (Wildman–Crippen LogP) is 1.38. The summed E-state index contributed by atoms with van der Waals surface area (Å²) in [5, 5.41) is 9.98. The van der Waals surface area contributed by atoms with Gasteiger partial charge < -0.3 is 5.32 Å². The molecule has 3 N–H and O–H groups in total. The molecule has 114 valence electrons. The lowest BCUT2D eigenvalue weighted by molar-refractivity contribution is 0.477. The summed E-state index contributed by atoms with van der Waals surface area (Å²) in [4.78, 5) is 0. The summed E-state index contributed by atoms with van der Waals surface area (Å²) >= 11 is 0. The second-order valence-corrected chi connectivity index (χ2v) is 7.12. The van der Waals surface area contributed by atoms with Crippen molar-refractivity contribution in [1.29, 1.82) is 0 Å². The van der Waals surface area contributed by atoms with Crippen molar-refractivity contribution in [1.82, 2.24) is 20.2 Å². The van der Waals surface area contributed by atoms with Gasteiger partial charge in [-0.2, -0.15) is 5.10 Å². The van der Waals surface area contributed by atoms with Crippen molar-refractivity contribution in [3.8, 4) is 0 Å². The standard InChI is InChI=1S/C13H24N4O2S/c1-3-10(4-2)7-16-20(18,19)13-11(9-15-17-13)8-14-12-5-6-12/h9-10,12,14,16H,3-8H2,1-2H3,(H,15,17). The van der Waals surface area contributed by atoms with Crippen molar-refractivity contribution in [2.45, 2.75) is 57.1 Å². The quantitative estimate of drug-likeness (QED) is 0.643. The van der Waals surface area contributed by atoms with E-state index >= 15 is 0 Å². The zero-order valence-corrected chi connectivity index (χ0v) is 13.0. The van der Waals surface area contributed by atoms with Crippen LogP contribution in [0.1, 0.15) is 45.1 Å². The van der Waals surface area contributed by atoms with Gasteiger partial charge in [0.2, 0.25) is 0 Å². The molecule has 20 heavy (non-hydrogen) atoms. The Labute approximate surface area is 120 Å². The highest BCUT2D eigenvalue weighted by Crippen LogP contribution is 2.20. The van der Waals surface area contributed by atoms with Gasteiger partial charge in [0.25, 0.3) is 10.0 Å². The molecule has 0 aromatic carbocycles. The fourth-order valence-electron chi connectivity index (χ4n) is 2.08. The minimum Gasteiger partial charge on any atom is -0.310 e. The maximum atomic E-state index is 12.3. The number of hydrogen-bond donors (Lipinski definition) is 3. The highest BCUT2D eigenvalue weighted by Gasteiger charge is 2.24. The van der Waals surface area contributed by atoms with Gasteiger partial charge in [0.05, 0.1) is 6.20 Å². The first-order valence-corrected chi connectivity index (χ1v) is 8.80. The van der Waals surface area contributed by atoms with Crippen molar-refractivity contribution in [3.05, 3.63) is 11.8 Å². The molecule has 1 aliphatic carbocycles. The molecule has 1 heterocycles. The lowest BCUT2D eigenvalue weighted by atomic mass is 10.0. The van der Waals surface area contributed by atoms with Crippen LogP contribution in [-0.2, 0) is 16.6 Å². The van der Waals surface area contributed by atoms with E-state index in [2.05, 4.69) is 34.1 Å². The molecular formula is C13H24N4O2S. The summed E-state index contributed by atoms with van der Waals surface area (Å²) in [6.07, 6.45) is 5.87. The third-order valence-electron chi connectivity index (χ3n) is 3.82. The highest BCUT2D eigenvalue weighted by atomic mass is 32.2. The van der Waals surface area contributed by atoms with E-state index in [0.717, 1.165) is 12.8 Å². The van der Waals surface area contributed by atoms with Gasteiger partial charge in [0.15, 0.2) is 5.03 Å². The van der Waals surface area contributed by atoms with E-state index in [4.69, 9.17) is 0 Å². The number of aromatic amines is 1. The fourth-order valence-corrected chi connectivity index (χ4v) is 3.32. The van der Waals surface area contributed by atoms with Gasteiger partial charge in [-0.1, -0.05) is 26.7 Å². The molecule has 0 spiro atoms. The van der Waals surface area contributed by atoms with E-state index in [-0.39, 0.29) is 5.03 Å². The van der Waals surface area contributed by atoms with Crippen molar-refractivity contribution in [3.63, 3.8) is 0 Å². The van der Waals surface area contributed by atoms with Crippen LogP contribution in [0.3, 0.4) is 0 Å². The first-order chi connectivity index (χ1) is 9.56. The Bertz CT molecular complexity index is 518. The molecule has 7 heteroatoms. The minimum atomic E-state index is -3.50. The first kappa shape index (κ1) is 15.5. The maximum Gasteiger partial charge on any atom is 0.257 e. The summed E-state index contributed by atoms with van der Waals surface area (Å²) in [5.74, 6) is 0.376. The van der Waals surface area contributed by atoms with E-state index in [9.17, 15) is 8.42 Å². The monoisotopic (exact) mass is 300 g/mol. The predicted molar refractivity (Wildman–Crippen MR) is 77.7 cm³/mol. The Kier molecular flexibility index (Phi) is 5.17. The van der Waals surface area contributed by atoms with E-state index in [0.29, 0.717) is 30.6 Å². The van der Waals surface area contributed by atoms with E-state index < -0.39 is 10.0 Å². The summed E-state index contributed by atoms with van der Waals surface area (Å²) in [6.45, 7) is 5.17. The van der Waals surface area contributed by atoms with Crippen molar-refractivity contribution in [2.24, 2.45) is 5.92 Å². The molecule has 1 fully saturated rings. The van der Waals surface area contributed by atoms with Crippen LogP contribution in [0, 0.1) is 5.92 Å². The second kappa shape index (κ2) is 6.69. The number of H-pyrrole nitrogens is 1. The topological polar surface area (TPSA) is 86.9 Å². The number of sulfonamides is 1. The van der Waals surface area contributed by atoms with Crippen LogP contribution in [0.2, 0.25) is 0 Å². The molecule has 0 amide bonds. The number of hydrogen-bond acceptors (Lipinski definition) is 4. The lowest BCUT2D eigenvalue weighted by Crippen LogP contribution is -2.30. The summed E-state index contributed by atoms with van der Waals surface area (Å²) < 4.78 is 27.3. The molecule has 0 aliphatic heterocycles. The zero-order chi connectivity index (χ0) is 14.6. The largest absolute Gasteiger partial charge is 0.310 e. The molecule has 0 saturated heterocycles. The van der Waals surface area contributed by atoms with Crippen LogP contribution in [0.5, 0.6) is 0 Å². The molecule has 0 radical (unpaired) electrons. The fraction of sp³-hybridized carbons (Fsp3) is 0.769. The van der Waals surface area contributed by atoms with Crippen molar-refractivity contribution < 1.29 is 8.42 Å². The van der Waals surface area contributed by atoms with Crippen LogP contribution in [0.4, 0.5) is 0 Å². The smallest absolute Gasteiger partial charge is 0.257 e. The average molecular weight is 300 g/mol. The SMILES string of the molecule is CCC(CC)CNS(=O)(=O)c1[nH]ncc1CNC1CC1. The third kappa shape index (κ3) is 4.04. The van der Waals surface area contributed by atoms with Crippen LogP contribution >= 0.6 is 0 Å². The van der Waals surface area contributed by atoms with Gasteiger partial charge >= 0.3 is 0 Å². The Hall–Kier alpha value is -0.920. The summed E-state index contributed by atoms with van der Waals surface area (Å²) in [5.41, 5.74) is 0.703. The molecular weight excluding hydrogens is 276 g/mol. The van der Waals surface area contributed by atoms with Crippen LogP contribution in [0.15, 0.2) is 11.2 Å². The summed E-state index contributed by atoms with van der Waals surface area (Å²) in [6, 6.07) is 0.540. The van der Waals surface area contributed by atoms with E-state index in [1.165, 1.54) is 12.8 Å². The molecule has 6 nitrogen and oxygen atoms in total. The van der Waals surface area contributed by atoms with Crippen LogP contribution < -0.4 is 10.0 Å². The number of rotatable bonds is 9. The lowest BCUT2D eigenvalue weighted by Gasteiger charge is -2.13. The Morgan fingerprint density at radius 1 is 1.40 bits per heavy atom. The minimum absolute atomic E-state index is 0.191. The average Bonchev–Trinajstić information content (AvgIpc) is 3.13. The van der Waals surface area contributed by atoms with Crippen molar-refractivity contribution in [2.75, 3.05) is 6.54 Å². The van der Waals surface area contributed by atoms with Crippen LogP contribution in [-0.4, -0.2) is 31.2 Å². The van der Waals surface area contributed by atoms with Gasteiger partial charge in [0.1, 0.15) is 0 Å². The van der Waals surface area contributed by atoms with Gasteiger partial charge in [-0.15, -0.1) is 0 Å². The van der Waals surface area contributed by atoms with Crippen LogP contribution in [0.25, 0.3) is 0 Å². The van der Waals surface area contributed by atoms with Gasteiger partial charge in [-0.25, -0.2) is 13.1 Å². The van der Waals surface area contributed by atoms with Gasteiger partial charge in [-0.05, 0) is 18.8 Å². The molecule has 1 aromatic heterocycles. The van der Waals surface area contributed by atoms with Crippen molar-refractivity contribution >= 4 is 10.0 Å². The third-order valence-corrected chi connectivity index (χ3v) is 5.26. The molecule has 1 aliphatic rings. The molecule has 0 bridgehead atoms. The molecule has 2 rings (SSSR count). The summed E-state index contributed by atoms with van der Waals surface area (Å²) in [7, 11) is -3.50. The van der Waals surface area contributed by atoms with Gasteiger partial charge in [0, 0.05) is 24.7 Å². The first-order valence-electron chi connectivity index (χ1n) is 7.32. The molecule has 0 atom stereocenters. The van der Waals surface area contributed by atoms with Gasteiger partial charge in [-0.3, -0.25) is 5.10 Å². The normalized spacial score (nSPS) is 15.9. The second-order valence-electron chi connectivity index (χ2n) is 5.41. The van der Waals surface area contributed by atoms with E-state index in [1.54, 1.807) is 6.20 Å². The number of nitrogens with zero attached hydrogens (tertiary/aromatic N) is 1. The Balaban J connectivity index is 1.98. The van der Waals surface area contributed by atoms with E-state index in [1.807, 2.05) is 0 Å². The number of nitrogens with one attached hydrogen (secondary N) is 3. The maximum absolute atomic E-state index is 12.3. The Morgan fingerprint density at radius 3 is 2.70 bits per heavy atom. The number of aromatic nitrogens is 2. The molecule has 0 unspecified atom stereocenters.